The first-order valence-electron chi connectivity index (χ1n) is 4.23. The highest BCUT2D eigenvalue weighted by Gasteiger charge is 2.05. The van der Waals surface area contributed by atoms with Gasteiger partial charge in [0.05, 0.1) is 30.1 Å². The van der Waals surface area contributed by atoms with Crippen molar-refractivity contribution < 1.29 is 4.39 Å². The van der Waals surface area contributed by atoms with Crippen molar-refractivity contribution in [1.29, 1.82) is 5.26 Å². The molecular weight excluding hydrogens is 213 g/mol. The summed E-state index contributed by atoms with van der Waals surface area (Å²) in [6.07, 6.45) is 1.44. The van der Waals surface area contributed by atoms with E-state index in [1.807, 2.05) is 11.4 Å². The summed E-state index contributed by atoms with van der Waals surface area (Å²) in [5.41, 5.74) is 1.36. The summed E-state index contributed by atoms with van der Waals surface area (Å²) in [7, 11) is 0. The van der Waals surface area contributed by atoms with Gasteiger partial charge in [-0.1, -0.05) is 0 Å². The van der Waals surface area contributed by atoms with Gasteiger partial charge < -0.3 is 0 Å². The van der Waals surface area contributed by atoms with Gasteiger partial charge in [-0.25, -0.2) is 9.37 Å². The topological polar surface area (TPSA) is 49.6 Å². The summed E-state index contributed by atoms with van der Waals surface area (Å²) in [6.45, 7) is 0. The lowest BCUT2D eigenvalue weighted by Crippen LogP contribution is -1.85. The summed E-state index contributed by atoms with van der Waals surface area (Å²) >= 11 is 1.40. The average molecular weight is 219 g/mol. The van der Waals surface area contributed by atoms with Crippen LogP contribution in [0.3, 0.4) is 0 Å². The maximum atomic E-state index is 12.6. The summed E-state index contributed by atoms with van der Waals surface area (Å²) in [4.78, 5) is 8.12. The first-order valence-corrected chi connectivity index (χ1v) is 5.11. The minimum absolute atomic E-state index is 0.289. The van der Waals surface area contributed by atoms with Crippen LogP contribution < -0.4 is 0 Å². The summed E-state index contributed by atoms with van der Waals surface area (Å²) in [6, 6.07) is 4.94. The van der Waals surface area contributed by atoms with Crippen molar-refractivity contribution in [3.8, 4) is 16.8 Å². The van der Waals surface area contributed by atoms with Crippen LogP contribution in [-0.2, 0) is 6.42 Å². The van der Waals surface area contributed by atoms with Gasteiger partial charge in [0.1, 0.15) is 10.8 Å². The number of rotatable bonds is 2. The number of thiazole rings is 1. The van der Waals surface area contributed by atoms with Gasteiger partial charge in [-0.3, -0.25) is 4.98 Å². The molecule has 74 valence electrons. The van der Waals surface area contributed by atoms with Crippen LogP contribution in [-0.4, -0.2) is 9.97 Å². The smallest absolute Gasteiger partial charge is 0.142 e. The fourth-order valence-corrected chi connectivity index (χ4v) is 1.88. The second-order valence-electron chi connectivity index (χ2n) is 2.84. The van der Waals surface area contributed by atoms with Crippen molar-refractivity contribution in [2.24, 2.45) is 0 Å². The molecule has 0 N–H and O–H groups in total. The first-order chi connectivity index (χ1) is 7.29. The van der Waals surface area contributed by atoms with E-state index in [9.17, 15) is 4.39 Å². The van der Waals surface area contributed by atoms with E-state index in [2.05, 4.69) is 9.97 Å². The second kappa shape index (κ2) is 4.15. The molecule has 2 aromatic rings. The van der Waals surface area contributed by atoms with Crippen LogP contribution in [0.25, 0.3) is 10.7 Å². The SMILES string of the molecule is N#CCc1csc(-c2ccc(F)cn2)n1. The monoisotopic (exact) mass is 219 g/mol. The number of halogens is 1. The highest BCUT2D eigenvalue weighted by atomic mass is 32.1. The molecule has 0 aliphatic rings. The molecule has 0 radical (unpaired) electrons. The third-order valence-electron chi connectivity index (χ3n) is 1.76. The molecule has 0 saturated carbocycles. The van der Waals surface area contributed by atoms with Crippen LogP contribution in [0.2, 0.25) is 0 Å². The lowest BCUT2D eigenvalue weighted by Gasteiger charge is -1.93. The molecule has 0 bridgehead atoms. The number of hydrogen-bond acceptors (Lipinski definition) is 4. The fraction of sp³-hybridized carbons (Fsp3) is 0.100. The second-order valence-corrected chi connectivity index (χ2v) is 3.70. The Morgan fingerprint density at radius 2 is 2.33 bits per heavy atom. The number of nitriles is 1. The van der Waals surface area contributed by atoms with Crippen LogP contribution in [0.15, 0.2) is 23.7 Å². The predicted molar refractivity (Wildman–Crippen MR) is 54.6 cm³/mol. The molecule has 2 heterocycles. The van der Waals surface area contributed by atoms with Gasteiger partial charge >= 0.3 is 0 Å². The highest BCUT2D eigenvalue weighted by Crippen LogP contribution is 2.21. The Balaban J connectivity index is 2.30. The van der Waals surface area contributed by atoms with E-state index in [1.165, 1.54) is 17.4 Å². The molecule has 0 aliphatic carbocycles. The molecule has 0 amide bonds. The van der Waals surface area contributed by atoms with Gasteiger partial charge in [-0.05, 0) is 12.1 Å². The molecule has 0 saturated heterocycles. The number of pyridine rings is 1. The summed E-state index contributed by atoms with van der Waals surface area (Å²) in [5.74, 6) is -0.368. The average Bonchev–Trinajstić information content (AvgIpc) is 2.68. The van der Waals surface area contributed by atoms with Crippen molar-refractivity contribution in [1.82, 2.24) is 9.97 Å². The van der Waals surface area contributed by atoms with Crippen LogP contribution in [0.4, 0.5) is 4.39 Å². The molecule has 2 rings (SSSR count). The predicted octanol–water partition coefficient (Wildman–Crippen LogP) is 2.41. The fourth-order valence-electron chi connectivity index (χ4n) is 1.09. The van der Waals surface area contributed by atoms with E-state index in [-0.39, 0.29) is 12.2 Å². The Morgan fingerprint density at radius 3 is 3.00 bits per heavy atom. The minimum Gasteiger partial charge on any atom is -0.251 e. The molecule has 15 heavy (non-hydrogen) atoms. The highest BCUT2D eigenvalue weighted by molar-refractivity contribution is 7.13. The molecule has 0 atom stereocenters. The van der Waals surface area contributed by atoms with Crippen LogP contribution >= 0.6 is 11.3 Å². The first kappa shape index (κ1) is 9.74. The van der Waals surface area contributed by atoms with E-state index in [0.29, 0.717) is 10.7 Å². The molecule has 0 aliphatic heterocycles. The van der Waals surface area contributed by atoms with E-state index in [0.717, 1.165) is 11.9 Å². The van der Waals surface area contributed by atoms with Crippen molar-refractivity contribution in [2.45, 2.75) is 6.42 Å². The number of hydrogen-bond donors (Lipinski definition) is 0. The third-order valence-corrected chi connectivity index (χ3v) is 2.67. The Kier molecular flexibility index (Phi) is 2.70. The maximum Gasteiger partial charge on any atom is 0.142 e. The van der Waals surface area contributed by atoms with Gasteiger partial charge in [0.2, 0.25) is 0 Å². The molecule has 5 heteroatoms. The maximum absolute atomic E-state index is 12.6. The van der Waals surface area contributed by atoms with Crippen molar-refractivity contribution >= 4 is 11.3 Å². The molecule has 2 aromatic heterocycles. The van der Waals surface area contributed by atoms with Crippen molar-refractivity contribution in [3.63, 3.8) is 0 Å². The van der Waals surface area contributed by atoms with Gasteiger partial charge in [0.25, 0.3) is 0 Å². The van der Waals surface area contributed by atoms with Gasteiger partial charge in [0, 0.05) is 5.38 Å². The lowest BCUT2D eigenvalue weighted by molar-refractivity contribution is 0.622. The van der Waals surface area contributed by atoms with Crippen LogP contribution in [0.5, 0.6) is 0 Å². The van der Waals surface area contributed by atoms with E-state index >= 15 is 0 Å². The van der Waals surface area contributed by atoms with Gasteiger partial charge in [-0.15, -0.1) is 11.3 Å². The lowest BCUT2D eigenvalue weighted by atomic mass is 10.3. The van der Waals surface area contributed by atoms with Crippen molar-refractivity contribution in [3.05, 3.63) is 35.2 Å². The molecule has 3 nitrogen and oxygen atoms in total. The van der Waals surface area contributed by atoms with E-state index < -0.39 is 0 Å². The standard InChI is InChI=1S/C10H6FN3S/c11-7-1-2-9(13-5-7)10-14-8(3-4-12)6-15-10/h1-2,5-6H,3H2. The number of nitrogens with zero attached hydrogens (tertiary/aromatic N) is 3. The Labute approximate surface area is 89.9 Å². The molecule has 0 aromatic carbocycles. The summed E-state index contributed by atoms with van der Waals surface area (Å²) in [5, 5.41) is 11.0. The van der Waals surface area contributed by atoms with E-state index in [4.69, 9.17) is 5.26 Å². The largest absolute Gasteiger partial charge is 0.251 e. The van der Waals surface area contributed by atoms with Gasteiger partial charge in [0.15, 0.2) is 0 Å². The van der Waals surface area contributed by atoms with Gasteiger partial charge in [-0.2, -0.15) is 5.26 Å². The zero-order valence-corrected chi connectivity index (χ0v) is 8.46. The van der Waals surface area contributed by atoms with Crippen LogP contribution in [0, 0.1) is 17.1 Å². The Hall–Kier alpha value is -1.80. The molecular formula is C10H6FN3S. The quantitative estimate of drug-likeness (QED) is 0.779. The Bertz CT molecular complexity index is 498. The zero-order chi connectivity index (χ0) is 10.7. The normalized spacial score (nSPS) is 9.87. The summed E-state index contributed by atoms with van der Waals surface area (Å²) < 4.78 is 12.6. The minimum atomic E-state index is -0.368. The Morgan fingerprint density at radius 1 is 1.47 bits per heavy atom. The van der Waals surface area contributed by atoms with Crippen LogP contribution in [0.1, 0.15) is 5.69 Å². The molecule has 0 unspecified atom stereocenters. The van der Waals surface area contributed by atoms with E-state index in [1.54, 1.807) is 6.07 Å². The van der Waals surface area contributed by atoms with Crippen molar-refractivity contribution in [2.75, 3.05) is 0 Å². The zero-order valence-electron chi connectivity index (χ0n) is 7.64. The third kappa shape index (κ3) is 2.17. The molecule has 0 spiro atoms. The molecule has 0 fully saturated rings. The number of aromatic nitrogens is 2.